The van der Waals surface area contributed by atoms with Crippen molar-refractivity contribution in [2.75, 3.05) is 0 Å². The van der Waals surface area contributed by atoms with Crippen molar-refractivity contribution < 1.29 is 0 Å². The van der Waals surface area contributed by atoms with Crippen molar-refractivity contribution in [2.24, 2.45) is 4.99 Å². The molecule has 1 unspecified atom stereocenters. The summed E-state index contributed by atoms with van der Waals surface area (Å²) >= 11 is 0. The molecule has 1 nitrogen and oxygen atoms in total. The molecule has 0 saturated carbocycles. The lowest BCUT2D eigenvalue weighted by atomic mass is 9.88. The van der Waals surface area contributed by atoms with Gasteiger partial charge < -0.3 is 0 Å². The topological polar surface area (TPSA) is 12.4 Å². The second-order valence-electron chi connectivity index (χ2n) is 5.63. The molecule has 4 rings (SSSR count). The van der Waals surface area contributed by atoms with E-state index in [0.29, 0.717) is 0 Å². The lowest BCUT2D eigenvalue weighted by molar-refractivity contribution is 0.712. The van der Waals surface area contributed by atoms with Gasteiger partial charge in [-0.05, 0) is 17.5 Å². The van der Waals surface area contributed by atoms with Crippen LogP contribution in [0.4, 0.5) is 0 Å². The number of hydrogen-bond acceptors (Lipinski definition) is 1. The highest BCUT2D eigenvalue weighted by atomic mass is 14.8. The third-order valence-electron chi connectivity index (χ3n) is 4.20. The number of aliphatic imine (C=N–C) groups is 1. The predicted octanol–water partition coefficient (Wildman–Crippen LogP) is 4.82. The number of hydrogen-bond donors (Lipinski definition) is 0. The van der Waals surface area contributed by atoms with Crippen molar-refractivity contribution in [1.29, 1.82) is 0 Å². The van der Waals surface area contributed by atoms with E-state index in [1.54, 1.807) is 0 Å². The lowest BCUT2D eigenvalue weighted by Crippen LogP contribution is -2.17. The smallest absolute Gasteiger partial charge is 0.0797 e. The molecule has 0 aliphatic carbocycles. The van der Waals surface area contributed by atoms with Crippen LogP contribution in [0.1, 0.15) is 28.3 Å². The minimum absolute atomic E-state index is 0.200. The molecule has 0 N–H and O–H groups in total. The largest absolute Gasteiger partial charge is 0.276 e. The zero-order valence-electron chi connectivity index (χ0n) is 12.3. The third kappa shape index (κ3) is 2.35. The van der Waals surface area contributed by atoms with Crippen LogP contribution in [0, 0.1) is 0 Å². The first-order chi connectivity index (χ1) is 10.9. The molecule has 1 aliphatic heterocycles. The highest BCUT2D eigenvalue weighted by Crippen LogP contribution is 2.31. The van der Waals surface area contributed by atoms with Gasteiger partial charge in [-0.2, -0.15) is 0 Å². The van der Waals surface area contributed by atoms with Crippen LogP contribution in [0.3, 0.4) is 0 Å². The molecule has 0 aromatic heterocycles. The molecule has 0 fully saturated rings. The Morgan fingerprint density at radius 1 is 0.682 bits per heavy atom. The summed E-state index contributed by atoms with van der Waals surface area (Å²) in [6.45, 7) is 0. The van der Waals surface area contributed by atoms with Gasteiger partial charge >= 0.3 is 0 Å². The standard InChI is InChI=1S/C21H17N/c1-3-9-16(10-4-1)20-15-18-13-7-8-14-19(18)21(22-20)17-11-5-2-6-12-17/h1-14,20H,15H2. The Kier molecular flexibility index (Phi) is 3.32. The van der Waals surface area contributed by atoms with E-state index in [0.717, 1.165) is 12.1 Å². The molecule has 1 atom stereocenters. The van der Waals surface area contributed by atoms with Gasteiger partial charge in [0.1, 0.15) is 0 Å². The Labute approximate surface area is 131 Å². The zero-order chi connectivity index (χ0) is 14.8. The molecule has 0 bridgehead atoms. The molecule has 3 aromatic carbocycles. The van der Waals surface area contributed by atoms with Gasteiger partial charge in [-0.1, -0.05) is 84.9 Å². The van der Waals surface area contributed by atoms with Crippen LogP contribution in [-0.4, -0.2) is 5.71 Å². The van der Waals surface area contributed by atoms with Crippen LogP contribution in [0.15, 0.2) is 89.9 Å². The van der Waals surface area contributed by atoms with Gasteiger partial charge in [0, 0.05) is 11.1 Å². The molecule has 0 saturated heterocycles. The van der Waals surface area contributed by atoms with E-state index in [4.69, 9.17) is 4.99 Å². The number of benzene rings is 3. The fourth-order valence-corrected chi connectivity index (χ4v) is 3.10. The molecule has 1 aliphatic rings. The number of fused-ring (bicyclic) bond motifs is 1. The van der Waals surface area contributed by atoms with Gasteiger partial charge in [0.15, 0.2) is 0 Å². The minimum atomic E-state index is 0.200. The highest BCUT2D eigenvalue weighted by molar-refractivity contribution is 6.14. The summed E-state index contributed by atoms with van der Waals surface area (Å²) in [4.78, 5) is 5.08. The summed E-state index contributed by atoms with van der Waals surface area (Å²) in [6.07, 6.45) is 0.969. The predicted molar refractivity (Wildman–Crippen MR) is 91.4 cm³/mol. The maximum absolute atomic E-state index is 5.08. The van der Waals surface area contributed by atoms with Crippen LogP contribution in [-0.2, 0) is 6.42 Å². The first kappa shape index (κ1) is 13.0. The van der Waals surface area contributed by atoms with E-state index in [9.17, 15) is 0 Å². The van der Waals surface area contributed by atoms with Crippen LogP contribution < -0.4 is 0 Å². The lowest BCUT2D eigenvalue weighted by Gasteiger charge is -2.24. The molecule has 22 heavy (non-hydrogen) atoms. The fraction of sp³-hybridized carbons (Fsp3) is 0.0952. The van der Waals surface area contributed by atoms with Gasteiger partial charge in [-0.25, -0.2) is 0 Å². The van der Waals surface area contributed by atoms with Crippen LogP contribution in [0.25, 0.3) is 0 Å². The van der Waals surface area contributed by atoms with Crippen molar-refractivity contribution >= 4 is 5.71 Å². The Bertz CT molecular complexity index is 804. The molecular weight excluding hydrogens is 266 g/mol. The normalized spacial score (nSPS) is 16.7. The molecule has 0 amide bonds. The summed E-state index contributed by atoms with van der Waals surface area (Å²) in [5.41, 5.74) is 6.23. The van der Waals surface area contributed by atoms with Crippen molar-refractivity contribution in [3.63, 3.8) is 0 Å². The molecule has 3 aromatic rings. The quantitative estimate of drug-likeness (QED) is 0.639. The van der Waals surface area contributed by atoms with E-state index >= 15 is 0 Å². The summed E-state index contributed by atoms with van der Waals surface area (Å²) in [5.74, 6) is 0. The van der Waals surface area contributed by atoms with Crippen molar-refractivity contribution in [2.45, 2.75) is 12.5 Å². The van der Waals surface area contributed by atoms with Gasteiger partial charge in [-0.15, -0.1) is 0 Å². The fourth-order valence-electron chi connectivity index (χ4n) is 3.10. The highest BCUT2D eigenvalue weighted by Gasteiger charge is 2.22. The number of rotatable bonds is 2. The monoisotopic (exact) mass is 283 g/mol. The van der Waals surface area contributed by atoms with Gasteiger partial charge in [0.05, 0.1) is 11.8 Å². The first-order valence-electron chi connectivity index (χ1n) is 7.68. The average Bonchev–Trinajstić information content (AvgIpc) is 2.62. The van der Waals surface area contributed by atoms with E-state index in [1.807, 2.05) is 6.07 Å². The van der Waals surface area contributed by atoms with E-state index in [2.05, 4.69) is 78.9 Å². The molecular formula is C21H17N. The second kappa shape index (κ2) is 5.61. The Morgan fingerprint density at radius 2 is 1.32 bits per heavy atom. The maximum atomic E-state index is 5.08. The molecule has 1 heterocycles. The number of nitrogens with zero attached hydrogens (tertiary/aromatic N) is 1. The molecule has 1 heteroatoms. The average molecular weight is 283 g/mol. The zero-order valence-corrected chi connectivity index (χ0v) is 12.3. The summed E-state index contributed by atoms with van der Waals surface area (Å²) in [7, 11) is 0. The van der Waals surface area contributed by atoms with Crippen molar-refractivity contribution in [1.82, 2.24) is 0 Å². The van der Waals surface area contributed by atoms with E-state index in [1.165, 1.54) is 22.3 Å². The van der Waals surface area contributed by atoms with Crippen LogP contribution in [0.2, 0.25) is 0 Å². The first-order valence-corrected chi connectivity index (χ1v) is 7.68. The van der Waals surface area contributed by atoms with Gasteiger partial charge in [-0.3, -0.25) is 4.99 Å². The molecule has 106 valence electrons. The van der Waals surface area contributed by atoms with E-state index < -0.39 is 0 Å². The van der Waals surface area contributed by atoms with Crippen LogP contribution in [0.5, 0.6) is 0 Å². The summed E-state index contributed by atoms with van der Waals surface area (Å²) in [5, 5.41) is 0. The summed E-state index contributed by atoms with van der Waals surface area (Å²) < 4.78 is 0. The van der Waals surface area contributed by atoms with Crippen molar-refractivity contribution in [3.8, 4) is 0 Å². The second-order valence-corrected chi connectivity index (χ2v) is 5.63. The Hall–Kier alpha value is -2.67. The minimum Gasteiger partial charge on any atom is -0.276 e. The van der Waals surface area contributed by atoms with Crippen molar-refractivity contribution in [3.05, 3.63) is 107 Å². The Morgan fingerprint density at radius 3 is 2.09 bits per heavy atom. The SMILES string of the molecule is c1ccc(C2=NC(c3ccccc3)Cc3ccccc32)cc1. The molecule has 0 radical (unpaired) electrons. The van der Waals surface area contributed by atoms with E-state index in [-0.39, 0.29) is 6.04 Å². The third-order valence-corrected chi connectivity index (χ3v) is 4.20. The molecule has 0 spiro atoms. The summed E-state index contributed by atoms with van der Waals surface area (Å²) in [6, 6.07) is 29.9. The Balaban J connectivity index is 1.86. The van der Waals surface area contributed by atoms with Gasteiger partial charge in [0.2, 0.25) is 0 Å². The maximum Gasteiger partial charge on any atom is 0.0797 e. The van der Waals surface area contributed by atoms with Crippen LogP contribution >= 0.6 is 0 Å². The van der Waals surface area contributed by atoms with Gasteiger partial charge in [0.25, 0.3) is 0 Å².